The summed E-state index contributed by atoms with van der Waals surface area (Å²) in [5.74, 6) is 0.157. The number of rotatable bonds is 2. The number of dihydropyridines is 1. The molecule has 0 saturated heterocycles. The molecule has 0 radical (unpaired) electrons. The number of pyridine rings is 1. The predicted octanol–water partition coefficient (Wildman–Crippen LogP) is 4.48. The molecule has 1 aromatic carbocycles. The van der Waals surface area contributed by atoms with Crippen LogP contribution < -0.4 is 11.1 Å². The number of furan rings is 1. The first-order chi connectivity index (χ1) is 13.5. The number of nitrogens with two attached hydrogens (primary N) is 1. The van der Waals surface area contributed by atoms with E-state index in [1.54, 1.807) is 37.4 Å². The van der Waals surface area contributed by atoms with E-state index in [2.05, 4.69) is 22.4 Å². The number of aromatic nitrogens is 1. The average molecular weight is 388 g/mol. The van der Waals surface area contributed by atoms with Crippen molar-refractivity contribution in [2.24, 2.45) is 0 Å². The van der Waals surface area contributed by atoms with E-state index < -0.39 is 5.92 Å². The maximum absolute atomic E-state index is 9.95. The molecule has 1 unspecified atom stereocenters. The third-order valence-corrected chi connectivity index (χ3v) is 4.97. The number of nitrogen functional groups attached to an aromatic ring is 1. The summed E-state index contributed by atoms with van der Waals surface area (Å²) in [5.41, 5.74) is 9.37. The predicted molar refractivity (Wildman–Crippen MR) is 107 cm³/mol. The second kappa shape index (κ2) is 6.77. The summed E-state index contributed by atoms with van der Waals surface area (Å²) >= 11 is 5.99. The van der Waals surface area contributed by atoms with E-state index in [0.29, 0.717) is 50.1 Å². The van der Waals surface area contributed by atoms with Gasteiger partial charge in [-0.05, 0) is 36.8 Å². The summed E-state index contributed by atoms with van der Waals surface area (Å²) in [6.45, 7) is 1.80. The van der Waals surface area contributed by atoms with Crippen molar-refractivity contribution in [3.8, 4) is 12.1 Å². The fraction of sp³-hybridized carbons (Fsp3) is 0.0952. The Kier molecular flexibility index (Phi) is 4.27. The molecule has 28 heavy (non-hydrogen) atoms. The third-order valence-electron chi connectivity index (χ3n) is 4.72. The number of nitrogens with one attached hydrogen (secondary N) is 1. The molecule has 1 aliphatic heterocycles. The van der Waals surface area contributed by atoms with Crippen molar-refractivity contribution in [1.29, 1.82) is 10.5 Å². The molecule has 0 saturated carbocycles. The second-order valence-corrected chi connectivity index (χ2v) is 6.81. The molecule has 1 aliphatic rings. The van der Waals surface area contributed by atoms with Gasteiger partial charge in [-0.2, -0.15) is 10.5 Å². The lowest BCUT2D eigenvalue weighted by atomic mass is 9.83. The van der Waals surface area contributed by atoms with Gasteiger partial charge in [-0.3, -0.25) is 0 Å². The van der Waals surface area contributed by atoms with Gasteiger partial charge in [-0.15, -0.1) is 0 Å². The molecule has 136 valence electrons. The zero-order valence-corrected chi connectivity index (χ0v) is 15.6. The molecule has 6 nitrogen and oxygen atoms in total. The van der Waals surface area contributed by atoms with E-state index in [4.69, 9.17) is 21.8 Å². The lowest BCUT2D eigenvalue weighted by Crippen LogP contribution is -2.23. The van der Waals surface area contributed by atoms with Gasteiger partial charge in [0.1, 0.15) is 17.2 Å². The summed E-state index contributed by atoms with van der Waals surface area (Å²) in [5, 5.41) is 24.1. The van der Waals surface area contributed by atoms with Crippen LogP contribution in [0.4, 0.5) is 5.82 Å². The monoisotopic (exact) mass is 387 g/mol. The van der Waals surface area contributed by atoms with Crippen LogP contribution in [0.3, 0.4) is 0 Å². The summed E-state index contributed by atoms with van der Waals surface area (Å²) in [7, 11) is 0. The molecule has 2 aromatic heterocycles. The van der Waals surface area contributed by atoms with Crippen LogP contribution in [0, 0.1) is 22.7 Å². The highest BCUT2D eigenvalue weighted by molar-refractivity contribution is 6.30. The molecule has 3 aromatic rings. The number of hydrogen-bond donors (Lipinski definition) is 2. The van der Waals surface area contributed by atoms with Gasteiger partial charge in [0.25, 0.3) is 0 Å². The van der Waals surface area contributed by atoms with Crippen LogP contribution in [0.15, 0.2) is 63.9 Å². The van der Waals surface area contributed by atoms with E-state index in [-0.39, 0.29) is 0 Å². The third kappa shape index (κ3) is 2.77. The Morgan fingerprint density at radius 1 is 1.14 bits per heavy atom. The van der Waals surface area contributed by atoms with Gasteiger partial charge >= 0.3 is 0 Å². The number of anilines is 1. The van der Waals surface area contributed by atoms with Gasteiger partial charge in [0.05, 0.1) is 40.3 Å². The minimum absolute atomic E-state index is 0.334. The SMILES string of the molecule is CC1=C(C#N)C(c2cc3c(N)nccc3o2)C(C#N)=C(c2ccc(Cl)cc2)N1. The standard InChI is InChI=1S/C21H14ClN5O/c1-11-15(9-23)19(18-8-14-17(28-18)6-7-26-21(14)25)16(10-24)20(27-11)12-2-4-13(22)5-3-12/h2-8,19,27H,1H3,(H2,25,26). The van der Waals surface area contributed by atoms with Crippen molar-refractivity contribution >= 4 is 34.1 Å². The zero-order valence-electron chi connectivity index (χ0n) is 14.8. The minimum atomic E-state index is -0.645. The highest BCUT2D eigenvalue weighted by atomic mass is 35.5. The summed E-state index contributed by atoms with van der Waals surface area (Å²) in [6.07, 6.45) is 1.56. The highest BCUT2D eigenvalue weighted by Gasteiger charge is 2.34. The van der Waals surface area contributed by atoms with E-state index in [1.165, 1.54) is 0 Å². The Hall–Kier alpha value is -3.74. The Bertz CT molecular complexity index is 1240. The van der Waals surface area contributed by atoms with Crippen molar-refractivity contribution in [1.82, 2.24) is 10.3 Å². The van der Waals surface area contributed by atoms with Gasteiger partial charge in [-0.1, -0.05) is 23.7 Å². The maximum Gasteiger partial charge on any atom is 0.139 e. The Morgan fingerprint density at radius 3 is 2.50 bits per heavy atom. The lowest BCUT2D eigenvalue weighted by Gasteiger charge is -2.26. The molecule has 0 amide bonds. The first kappa shape index (κ1) is 17.7. The molecule has 1 atom stereocenters. The average Bonchev–Trinajstić information content (AvgIpc) is 3.13. The van der Waals surface area contributed by atoms with Crippen molar-refractivity contribution in [2.75, 3.05) is 5.73 Å². The van der Waals surface area contributed by atoms with E-state index in [9.17, 15) is 10.5 Å². The highest BCUT2D eigenvalue weighted by Crippen LogP contribution is 2.42. The summed E-state index contributed by atoms with van der Waals surface area (Å²) in [4.78, 5) is 4.07. The first-order valence-electron chi connectivity index (χ1n) is 8.45. The summed E-state index contributed by atoms with van der Waals surface area (Å²) in [6, 6.07) is 15.1. The quantitative estimate of drug-likeness (QED) is 0.670. The van der Waals surface area contributed by atoms with Crippen LogP contribution in [0.5, 0.6) is 0 Å². The number of benzene rings is 1. The van der Waals surface area contributed by atoms with Gasteiger partial charge < -0.3 is 15.5 Å². The Morgan fingerprint density at radius 2 is 1.86 bits per heavy atom. The van der Waals surface area contributed by atoms with Crippen LogP contribution >= 0.6 is 11.6 Å². The largest absolute Gasteiger partial charge is 0.460 e. The van der Waals surface area contributed by atoms with Crippen molar-refractivity contribution in [3.05, 3.63) is 75.8 Å². The fourth-order valence-corrected chi connectivity index (χ4v) is 3.50. The van der Waals surface area contributed by atoms with Crippen LogP contribution in [-0.4, -0.2) is 4.98 Å². The van der Waals surface area contributed by atoms with Crippen molar-refractivity contribution < 1.29 is 4.42 Å². The van der Waals surface area contributed by atoms with Crippen LogP contribution in [0.1, 0.15) is 24.2 Å². The van der Waals surface area contributed by atoms with Crippen molar-refractivity contribution in [3.63, 3.8) is 0 Å². The molecular weight excluding hydrogens is 374 g/mol. The molecule has 0 aliphatic carbocycles. The van der Waals surface area contributed by atoms with Gasteiger partial charge in [0.2, 0.25) is 0 Å². The Labute approximate surface area is 166 Å². The number of allylic oxidation sites excluding steroid dienone is 3. The second-order valence-electron chi connectivity index (χ2n) is 6.37. The lowest BCUT2D eigenvalue weighted by molar-refractivity contribution is 0.538. The number of hydrogen-bond acceptors (Lipinski definition) is 6. The van der Waals surface area contributed by atoms with Gasteiger partial charge in [0, 0.05) is 16.9 Å². The molecule has 4 rings (SSSR count). The molecule has 0 fully saturated rings. The number of halogens is 1. The van der Waals surface area contributed by atoms with Crippen LogP contribution in [-0.2, 0) is 0 Å². The molecule has 0 spiro atoms. The first-order valence-corrected chi connectivity index (χ1v) is 8.83. The smallest absolute Gasteiger partial charge is 0.139 e. The molecule has 0 bridgehead atoms. The minimum Gasteiger partial charge on any atom is -0.460 e. The van der Waals surface area contributed by atoms with E-state index in [0.717, 1.165) is 5.56 Å². The maximum atomic E-state index is 9.95. The number of fused-ring (bicyclic) bond motifs is 1. The zero-order chi connectivity index (χ0) is 19.8. The molecule has 3 N–H and O–H groups in total. The van der Waals surface area contributed by atoms with Crippen molar-refractivity contribution in [2.45, 2.75) is 12.8 Å². The van der Waals surface area contributed by atoms with E-state index >= 15 is 0 Å². The van der Waals surface area contributed by atoms with Crippen LogP contribution in [0.2, 0.25) is 5.02 Å². The van der Waals surface area contributed by atoms with Gasteiger partial charge in [-0.25, -0.2) is 4.98 Å². The molecular formula is C21H14ClN5O. The summed E-state index contributed by atoms with van der Waals surface area (Å²) < 4.78 is 5.96. The topological polar surface area (TPSA) is 112 Å². The fourth-order valence-electron chi connectivity index (χ4n) is 3.37. The van der Waals surface area contributed by atoms with E-state index in [1.807, 2.05) is 12.1 Å². The molecule has 3 heterocycles. The Balaban J connectivity index is 1.95. The normalized spacial score (nSPS) is 16.6. The van der Waals surface area contributed by atoms with Gasteiger partial charge in [0.15, 0.2) is 0 Å². The number of nitriles is 2. The molecule has 7 heteroatoms. The van der Waals surface area contributed by atoms with Crippen LogP contribution in [0.25, 0.3) is 16.7 Å². The number of nitrogens with zero attached hydrogens (tertiary/aromatic N) is 3.